The first-order valence-corrected chi connectivity index (χ1v) is 8.55. The second-order valence-electron chi connectivity index (χ2n) is 4.69. The van der Waals surface area contributed by atoms with Crippen LogP contribution in [0, 0.1) is 0 Å². The van der Waals surface area contributed by atoms with Gasteiger partial charge in [0.05, 0.1) is 4.21 Å². The Hall–Kier alpha value is -1.29. The molecule has 0 spiro atoms. The predicted molar refractivity (Wildman–Crippen MR) is 90.8 cm³/mol. The summed E-state index contributed by atoms with van der Waals surface area (Å²) in [5.41, 5.74) is 1.36. The number of fused-ring (bicyclic) bond motifs is 1. The molecule has 1 atom stereocenters. The molecule has 2 aromatic carbocycles. The van der Waals surface area contributed by atoms with Crippen LogP contribution in [-0.4, -0.2) is 12.8 Å². The van der Waals surface area contributed by atoms with E-state index in [2.05, 4.69) is 65.3 Å². The summed E-state index contributed by atoms with van der Waals surface area (Å²) in [6.45, 7) is 0. The van der Waals surface area contributed by atoms with E-state index in [0.717, 1.165) is 5.75 Å². The average Bonchev–Trinajstić information content (AvgIpc) is 3.01. The van der Waals surface area contributed by atoms with Gasteiger partial charge in [0.1, 0.15) is 0 Å². The Morgan fingerprint density at radius 3 is 2.65 bits per heavy atom. The minimum Gasteiger partial charge on any atom is -0.312 e. The van der Waals surface area contributed by atoms with Crippen molar-refractivity contribution in [3.05, 3.63) is 65.5 Å². The molecule has 0 saturated carbocycles. The van der Waals surface area contributed by atoms with Crippen molar-refractivity contribution in [2.24, 2.45) is 0 Å². The predicted octanol–water partition coefficient (Wildman–Crippen LogP) is 4.95. The number of thioether (sulfide) groups is 1. The van der Waals surface area contributed by atoms with Crippen molar-refractivity contribution in [2.75, 3.05) is 12.8 Å². The molecule has 20 heavy (non-hydrogen) atoms. The second kappa shape index (κ2) is 6.44. The highest BCUT2D eigenvalue weighted by Gasteiger charge is 2.10. The number of hydrogen-bond acceptors (Lipinski definition) is 3. The number of rotatable bonds is 5. The summed E-state index contributed by atoms with van der Waals surface area (Å²) < 4.78 is 1.38. The molecule has 0 aliphatic carbocycles. The van der Waals surface area contributed by atoms with Gasteiger partial charge in [-0.25, -0.2) is 0 Å². The topological polar surface area (TPSA) is 12.0 Å². The molecule has 3 heteroatoms. The molecule has 1 aromatic heterocycles. The van der Waals surface area contributed by atoms with Gasteiger partial charge in [0, 0.05) is 11.8 Å². The van der Waals surface area contributed by atoms with Gasteiger partial charge in [-0.05, 0) is 40.9 Å². The summed E-state index contributed by atoms with van der Waals surface area (Å²) in [5.74, 6) is 1.05. The Morgan fingerprint density at radius 2 is 1.90 bits per heavy atom. The SMILES string of the molecule is CNC(CSc1cccs1)c1ccc2ccccc2c1. The van der Waals surface area contributed by atoms with Gasteiger partial charge in [-0.3, -0.25) is 0 Å². The first kappa shape index (κ1) is 13.7. The molecule has 1 nitrogen and oxygen atoms in total. The average molecular weight is 299 g/mol. The molecule has 3 aromatic rings. The molecule has 0 bridgehead atoms. The Labute approximate surface area is 128 Å². The van der Waals surface area contributed by atoms with Crippen molar-refractivity contribution in [1.82, 2.24) is 5.32 Å². The van der Waals surface area contributed by atoms with E-state index in [1.54, 1.807) is 0 Å². The zero-order valence-corrected chi connectivity index (χ0v) is 13.0. The largest absolute Gasteiger partial charge is 0.312 e. The molecule has 0 radical (unpaired) electrons. The lowest BCUT2D eigenvalue weighted by Crippen LogP contribution is -2.18. The molecule has 102 valence electrons. The van der Waals surface area contributed by atoms with Crippen molar-refractivity contribution >= 4 is 33.9 Å². The van der Waals surface area contributed by atoms with Crippen molar-refractivity contribution < 1.29 is 0 Å². The molecular formula is C17H17NS2. The fraction of sp³-hybridized carbons (Fsp3) is 0.176. The Morgan fingerprint density at radius 1 is 1.05 bits per heavy atom. The Bertz CT molecular complexity index is 676. The van der Waals surface area contributed by atoms with E-state index in [9.17, 15) is 0 Å². The van der Waals surface area contributed by atoms with Gasteiger partial charge in [-0.15, -0.1) is 23.1 Å². The van der Waals surface area contributed by atoms with Crippen molar-refractivity contribution in [1.29, 1.82) is 0 Å². The summed E-state index contributed by atoms with van der Waals surface area (Å²) >= 11 is 3.72. The van der Waals surface area contributed by atoms with E-state index in [1.807, 2.05) is 30.1 Å². The van der Waals surface area contributed by atoms with E-state index in [0.29, 0.717) is 6.04 Å². The normalized spacial score (nSPS) is 12.7. The van der Waals surface area contributed by atoms with Gasteiger partial charge in [0.2, 0.25) is 0 Å². The Kier molecular flexibility index (Phi) is 4.41. The zero-order valence-electron chi connectivity index (χ0n) is 11.4. The van der Waals surface area contributed by atoms with Gasteiger partial charge in [-0.2, -0.15) is 0 Å². The monoisotopic (exact) mass is 299 g/mol. The lowest BCUT2D eigenvalue weighted by molar-refractivity contribution is 0.663. The van der Waals surface area contributed by atoms with Crippen LogP contribution in [-0.2, 0) is 0 Å². The van der Waals surface area contributed by atoms with Crippen LogP contribution in [0.2, 0.25) is 0 Å². The van der Waals surface area contributed by atoms with Crippen molar-refractivity contribution in [3.63, 3.8) is 0 Å². The fourth-order valence-electron chi connectivity index (χ4n) is 2.28. The van der Waals surface area contributed by atoms with Crippen LogP contribution < -0.4 is 5.32 Å². The minimum atomic E-state index is 0.381. The van der Waals surface area contributed by atoms with Crippen LogP contribution in [0.5, 0.6) is 0 Å². The third kappa shape index (κ3) is 3.06. The fourth-order valence-corrected chi connectivity index (χ4v) is 4.24. The highest BCUT2D eigenvalue weighted by molar-refractivity contribution is 8.01. The number of benzene rings is 2. The lowest BCUT2D eigenvalue weighted by atomic mass is 10.0. The molecule has 0 fully saturated rings. The quantitative estimate of drug-likeness (QED) is 0.669. The standard InChI is InChI=1S/C17H17NS2/c1-18-16(12-20-17-7-4-10-19-17)15-9-8-13-5-2-3-6-14(13)11-15/h2-11,16,18H,12H2,1H3. The maximum Gasteiger partial charge on any atom is 0.0599 e. The third-order valence-electron chi connectivity index (χ3n) is 3.41. The van der Waals surface area contributed by atoms with Crippen LogP contribution >= 0.6 is 23.1 Å². The number of nitrogens with one attached hydrogen (secondary N) is 1. The first-order chi connectivity index (χ1) is 9.86. The smallest absolute Gasteiger partial charge is 0.0599 e. The van der Waals surface area contributed by atoms with Crippen LogP contribution in [0.3, 0.4) is 0 Å². The molecule has 0 aliphatic rings. The Balaban J connectivity index is 1.79. The van der Waals surface area contributed by atoms with Gasteiger partial charge in [0.25, 0.3) is 0 Å². The van der Waals surface area contributed by atoms with Crippen LogP contribution in [0.25, 0.3) is 10.8 Å². The highest BCUT2D eigenvalue weighted by atomic mass is 32.2. The number of hydrogen-bond donors (Lipinski definition) is 1. The van der Waals surface area contributed by atoms with E-state index in [1.165, 1.54) is 20.5 Å². The summed E-state index contributed by atoms with van der Waals surface area (Å²) in [6.07, 6.45) is 0. The highest BCUT2D eigenvalue weighted by Crippen LogP contribution is 2.29. The number of thiophene rings is 1. The van der Waals surface area contributed by atoms with Gasteiger partial charge in [0.15, 0.2) is 0 Å². The molecule has 3 rings (SSSR count). The lowest BCUT2D eigenvalue weighted by Gasteiger charge is -2.16. The summed E-state index contributed by atoms with van der Waals surface area (Å²) in [5, 5.41) is 8.18. The van der Waals surface area contributed by atoms with Crippen LogP contribution in [0.15, 0.2) is 64.2 Å². The minimum absolute atomic E-state index is 0.381. The second-order valence-corrected chi connectivity index (χ2v) is 6.96. The van der Waals surface area contributed by atoms with Crippen LogP contribution in [0.4, 0.5) is 0 Å². The third-order valence-corrected chi connectivity index (χ3v) is 5.64. The molecule has 0 saturated heterocycles. The molecule has 1 heterocycles. The maximum absolute atomic E-state index is 3.43. The van der Waals surface area contributed by atoms with E-state index >= 15 is 0 Å². The van der Waals surface area contributed by atoms with E-state index in [4.69, 9.17) is 0 Å². The summed E-state index contributed by atoms with van der Waals surface area (Å²) in [4.78, 5) is 0. The molecule has 1 unspecified atom stereocenters. The molecule has 0 aliphatic heterocycles. The molecular weight excluding hydrogens is 282 g/mol. The maximum atomic E-state index is 3.43. The van der Waals surface area contributed by atoms with E-state index < -0.39 is 0 Å². The summed E-state index contributed by atoms with van der Waals surface area (Å²) in [6, 6.07) is 19.9. The molecule has 1 N–H and O–H groups in total. The van der Waals surface area contributed by atoms with Crippen molar-refractivity contribution in [3.8, 4) is 0 Å². The summed E-state index contributed by atoms with van der Waals surface area (Å²) in [7, 11) is 2.04. The van der Waals surface area contributed by atoms with Gasteiger partial charge >= 0.3 is 0 Å². The van der Waals surface area contributed by atoms with E-state index in [-0.39, 0.29) is 0 Å². The zero-order chi connectivity index (χ0) is 13.8. The molecule has 0 amide bonds. The van der Waals surface area contributed by atoms with Crippen molar-refractivity contribution in [2.45, 2.75) is 10.3 Å². The van der Waals surface area contributed by atoms with Gasteiger partial charge < -0.3 is 5.32 Å². The van der Waals surface area contributed by atoms with Gasteiger partial charge in [-0.1, -0.05) is 42.5 Å². The van der Waals surface area contributed by atoms with Crippen LogP contribution in [0.1, 0.15) is 11.6 Å². The first-order valence-electron chi connectivity index (χ1n) is 6.69.